The number of anilines is 2. The molecule has 4 amide bonds. The van der Waals surface area contributed by atoms with Crippen molar-refractivity contribution < 1.29 is 19.1 Å². The highest BCUT2D eigenvalue weighted by Crippen LogP contribution is 2.29. The fraction of sp³-hybridized carbons (Fsp3) is 0.270. The van der Waals surface area contributed by atoms with Gasteiger partial charge in [0.1, 0.15) is 5.75 Å². The lowest BCUT2D eigenvalue weighted by atomic mass is 9.98. The first-order valence-electron chi connectivity index (χ1n) is 15.6. The van der Waals surface area contributed by atoms with Crippen molar-refractivity contribution in [2.45, 2.75) is 13.3 Å². The smallest absolute Gasteiger partial charge is 0.317 e. The SMILES string of the molecule is Cc1ccc(-c2ccccc2C(=O)Nc2ccc(C(=O)N(C)c3ccccc3OCCCNC(=O)N3CCN(C)CC3)cc2)cc1. The summed E-state index contributed by atoms with van der Waals surface area (Å²) in [6.07, 6.45) is 0.633. The van der Waals surface area contributed by atoms with Crippen LogP contribution in [0, 0.1) is 6.92 Å². The summed E-state index contributed by atoms with van der Waals surface area (Å²) >= 11 is 0. The van der Waals surface area contributed by atoms with Crippen molar-refractivity contribution in [3.8, 4) is 16.9 Å². The number of para-hydroxylation sites is 2. The van der Waals surface area contributed by atoms with Crippen molar-refractivity contribution in [1.82, 2.24) is 15.1 Å². The van der Waals surface area contributed by atoms with Crippen LogP contribution in [0.1, 0.15) is 32.7 Å². The maximum Gasteiger partial charge on any atom is 0.317 e. The van der Waals surface area contributed by atoms with Crippen LogP contribution in [-0.4, -0.2) is 81.1 Å². The topological polar surface area (TPSA) is 94.2 Å². The lowest BCUT2D eigenvalue weighted by Gasteiger charge is -2.32. The highest BCUT2D eigenvalue weighted by Gasteiger charge is 2.20. The van der Waals surface area contributed by atoms with Crippen LogP contribution in [0.15, 0.2) is 97.1 Å². The summed E-state index contributed by atoms with van der Waals surface area (Å²) < 4.78 is 6.02. The minimum Gasteiger partial charge on any atom is -0.491 e. The minimum absolute atomic E-state index is 0.0449. The Labute approximate surface area is 270 Å². The summed E-state index contributed by atoms with van der Waals surface area (Å²) in [5.74, 6) is 0.148. The van der Waals surface area contributed by atoms with Gasteiger partial charge in [-0.25, -0.2) is 4.79 Å². The molecule has 0 spiro atoms. The molecule has 5 rings (SSSR count). The summed E-state index contributed by atoms with van der Waals surface area (Å²) in [5.41, 5.74) is 5.25. The number of hydrogen-bond acceptors (Lipinski definition) is 5. The number of nitrogens with one attached hydrogen (secondary N) is 2. The highest BCUT2D eigenvalue weighted by molar-refractivity contribution is 6.09. The molecule has 1 aliphatic heterocycles. The van der Waals surface area contributed by atoms with Gasteiger partial charge in [-0.05, 0) is 74.0 Å². The third kappa shape index (κ3) is 8.11. The molecule has 46 heavy (non-hydrogen) atoms. The number of carbonyl (C=O) groups is 3. The number of carbonyl (C=O) groups excluding carboxylic acids is 3. The first-order valence-corrected chi connectivity index (χ1v) is 15.6. The van der Waals surface area contributed by atoms with E-state index in [0.717, 1.165) is 42.9 Å². The predicted octanol–water partition coefficient (Wildman–Crippen LogP) is 5.92. The third-order valence-electron chi connectivity index (χ3n) is 8.10. The van der Waals surface area contributed by atoms with E-state index in [1.807, 2.05) is 84.6 Å². The maximum absolute atomic E-state index is 13.4. The molecule has 238 valence electrons. The van der Waals surface area contributed by atoms with Gasteiger partial charge in [0.25, 0.3) is 11.8 Å². The molecule has 2 N–H and O–H groups in total. The van der Waals surface area contributed by atoms with Gasteiger partial charge >= 0.3 is 6.03 Å². The fourth-order valence-electron chi connectivity index (χ4n) is 5.29. The maximum atomic E-state index is 13.4. The van der Waals surface area contributed by atoms with E-state index in [1.54, 1.807) is 36.2 Å². The predicted molar refractivity (Wildman–Crippen MR) is 183 cm³/mol. The molecule has 0 saturated carbocycles. The molecule has 0 aromatic heterocycles. The van der Waals surface area contributed by atoms with Crippen LogP contribution >= 0.6 is 0 Å². The average Bonchev–Trinajstić information content (AvgIpc) is 3.08. The Morgan fingerprint density at radius 2 is 1.50 bits per heavy atom. The van der Waals surface area contributed by atoms with Crippen molar-refractivity contribution in [3.63, 3.8) is 0 Å². The van der Waals surface area contributed by atoms with Gasteiger partial charge in [0.15, 0.2) is 0 Å². The Kier molecular flexibility index (Phi) is 10.7. The molecule has 0 atom stereocenters. The van der Waals surface area contributed by atoms with Crippen LogP contribution < -0.4 is 20.3 Å². The summed E-state index contributed by atoms with van der Waals surface area (Å²) in [6.45, 7) is 6.14. The number of benzene rings is 4. The van der Waals surface area contributed by atoms with Crippen LogP contribution in [0.5, 0.6) is 5.75 Å². The molecule has 0 radical (unpaired) electrons. The number of aryl methyl sites for hydroxylation is 1. The average molecular weight is 620 g/mol. The van der Waals surface area contributed by atoms with Gasteiger partial charge in [0.05, 0.1) is 12.3 Å². The van der Waals surface area contributed by atoms with E-state index in [4.69, 9.17) is 4.74 Å². The summed E-state index contributed by atoms with van der Waals surface area (Å²) in [7, 11) is 3.76. The molecule has 1 heterocycles. The molecule has 0 aliphatic carbocycles. The highest BCUT2D eigenvalue weighted by atomic mass is 16.5. The molecule has 9 heteroatoms. The molecule has 1 aliphatic rings. The molecular weight excluding hydrogens is 578 g/mol. The van der Waals surface area contributed by atoms with Gasteiger partial charge in [-0.3, -0.25) is 9.59 Å². The first kappa shape index (κ1) is 32.2. The summed E-state index contributed by atoms with van der Waals surface area (Å²) in [5, 5.41) is 5.93. The van der Waals surface area contributed by atoms with Gasteiger partial charge in [-0.1, -0.05) is 60.2 Å². The van der Waals surface area contributed by atoms with Crippen molar-refractivity contribution >= 4 is 29.2 Å². The van der Waals surface area contributed by atoms with Gasteiger partial charge in [-0.2, -0.15) is 0 Å². The van der Waals surface area contributed by atoms with Crippen molar-refractivity contribution in [2.24, 2.45) is 0 Å². The summed E-state index contributed by atoms with van der Waals surface area (Å²) in [4.78, 5) is 44.7. The quantitative estimate of drug-likeness (QED) is 0.215. The van der Waals surface area contributed by atoms with E-state index >= 15 is 0 Å². The monoisotopic (exact) mass is 619 g/mol. The number of amides is 4. The number of likely N-dealkylation sites (N-methyl/N-ethyl adjacent to an activating group) is 1. The second-order valence-corrected chi connectivity index (χ2v) is 11.5. The lowest BCUT2D eigenvalue weighted by molar-refractivity contribution is 0.0990. The second-order valence-electron chi connectivity index (χ2n) is 11.5. The minimum atomic E-state index is -0.225. The molecule has 4 aromatic carbocycles. The fourth-order valence-corrected chi connectivity index (χ4v) is 5.29. The van der Waals surface area contributed by atoms with Crippen molar-refractivity contribution in [3.05, 3.63) is 114 Å². The molecule has 0 bridgehead atoms. The van der Waals surface area contributed by atoms with Gasteiger partial charge in [0, 0.05) is 56.6 Å². The van der Waals surface area contributed by atoms with Crippen LogP contribution in [0.2, 0.25) is 0 Å². The van der Waals surface area contributed by atoms with Crippen LogP contribution in [0.3, 0.4) is 0 Å². The Morgan fingerprint density at radius 3 is 2.24 bits per heavy atom. The Hall–Kier alpha value is -5.15. The van der Waals surface area contributed by atoms with Gasteiger partial charge in [0.2, 0.25) is 0 Å². The molecule has 1 saturated heterocycles. The largest absolute Gasteiger partial charge is 0.491 e. The standard InChI is InChI=1S/C37H41N5O4/c1-27-13-15-28(16-14-27)31-9-4-5-10-32(31)35(43)39-30-19-17-29(18-20-30)36(44)41(3)33-11-6-7-12-34(33)46-26-8-21-38-37(45)42-24-22-40(2)23-25-42/h4-7,9-20H,8,21-26H2,1-3H3,(H,38,45)(H,39,43). The Balaban J connectivity index is 1.15. The molecule has 4 aromatic rings. The number of ether oxygens (including phenoxy) is 1. The van der Waals surface area contributed by atoms with E-state index in [2.05, 4.69) is 22.6 Å². The van der Waals surface area contributed by atoms with Crippen LogP contribution in [0.4, 0.5) is 16.2 Å². The van der Waals surface area contributed by atoms with E-state index in [-0.39, 0.29) is 17.8 Å². The first-order chi connectivity index (χ1) is 22.3. The second kappa shape index (κ2) is 15.2. The van der Waals surface area contributed by atoms with E-state index in [1.165, 1.54) is 0 Å². The number of piperazine rings is 1. The molecule has 9 nitrogen and oxygen atoms in total. The lowest BCUT2D eigenvalue weighted by Crippen LogP contribution is -2.50. The zero-order chi connectivity index (χ0) is 32.5. The van der Waals surface area contributed by atoms with Gasteiger partial charge < -0.3 is 30.1 Å². The normalized spacial score (nSPS) is 13.2. The van der Waals surface area contributed by atoms with E-state index in [0.29, 0.717) is 47.8 Å². The number of nitrogens with zero attached hydrogens (tertiary/aromatic N) is 3. The molecule has 1 fully saturated rings. The summed E-state index contributed by atoms with van der Waals surface area (Å²) in [6, 6.07) is 29.8. The number of rotatable bonds is 10. The van der Waals surface area contributed by atoms with Crippen molar-refractivity contribution in [1.29, 1.82) is 0 Å². The molecule has 0 unspecified atom stereocenters. The molecular formula is C37H41N5O4. The zero-order valence-electron chi connectivity index (χ0n) is 26.7. The number of hydrogen-bond donors (Lipinski definition) is 2. The van der Waals surface area contributed by atoms with Crippen LogP contribution in [-0.2, 0) is 0 Å². The Bertz CT molecular complexity index is 1650. The van der Waals surface area contributed by atoms with Crippen molar-refractivity contribution in [2.75, 3.05) is 63.6 Å². The van der Waals surface area contributed by atoms with E-state index < -0.39 is 0 Å². The zero-order valence-corrected chi connectivity index (χ0v) is 26.7. The Morgan fingerprint density at radius 1 is 0.826 bits per heavy atom. The third-order valence-corrected chi connectivity index (χ3v) is 8.10. The van der Waals surface area contributed by atoms with E-state index in [9.17, 15) is 14.4 Å². The number of urea groups is 1. The van der Waals surface area contributed by atoms with Gasteiger partial charge in [-0.15, -0.1) is 0 Å². The van der Waals surface area contributed by atoms with Crippen LogP contribution in [0.25, 0.3) is 11.1 Å².